The summed E-state index contributed by atoms with van der Waals surface area (Å²) in [6.07, 6.45) is 3.70. The van der Waals surface area contributed by atoms with Gasteiger partial charge in [0.2, 0.25) is 0 Å². The molecule has 0 bridgehead atoms. The fourth-order valence-corrected chi connectivity index (χ4v) is 4.96. The molecule has 1 fully saturated rings. The zero-order chi connectivity index (χ0) is 28.3. The molecule has 0 spiro atoms. The molecule has 1 atom stereocenters. The minimum absolute atomic E-state index is 0.0131. The van der Waals surface area contributed by atoms with Crippen molar-refractivity contribution in [2.75, 3.05) is 50.8 Å². The highest BCUT2D eigenvalue weighted by molar-refractivity contribution is 5.87. The maximum Gasteiger partial charge on any atom is 0.414 e. The largest absolute Gasteiger partial charge is 0.449 e. The molecule has 1 aliphatic heterocycles. The smallest absolute Gasteiger partial charge is 0.414 e. The van der Waals surface area contributed by atoms with Crippen LogP contribution in [0.2, 0.25) is 0 Å². The number of anilines is 1. The summed E-state index contributed by atoms with van der Waals surface area (Å²) in [5.41, 5.74) is 2.64. The fraction of sp³-hybridized carbons (Fsp3) is 0.344. The normalized spacial score (nSPS) is 15.0. The van der Waals surface area contributed by atoms with E-state index in [9.17, 15) is 18.7 Å². The highest BCUT2D eigenvalue weighted by Gasteiger charge is 2.23. The van der Waals surface area contributed by atoms with Crippen LogP contribution >= 0.6 is 0 Å². The van der Waals surface area contributed by atoms with Crippen molar-refractivity contribution in [1.29, 1.82) is 0 Å². The molecule has 0 saturated carbocycles. The number of β-amino-alcohol motifs (C(OH)–C–C–N with tert-alkyl or cyclic N) is 1. The number of halogens is 2. The van der Waals surface area contributed by atoms with Crippen LogP contribution in [0.15, 0.2) is 91.1 Å². The lowest BCUT2D eigenvalue weighted by Crippen LogP contribution is -2.49. The molecule has 1 unspecified atom stereocenters. The predicted molar refractivity (Wildman–Crippen MR) is 153 cm³/mol. The summed E-state index contributed by atoms with van der Waals surface area (Å²) in [4.78, 5) is 18.4. The summed E-state index contributed by atoms with van der Waals surface area (Å²) in [6, 6.07) is 22.2. The number of carbonyl (C=O) groups excluding carboxylic acids is 1. The average molecular weight is 550 g/mol. The number of benzene rings is 3. The summed E-state index contributed by atoms with van der Waals surface area (Å²) >= 11 is 0. The maximum atomic E-state index is 13.5. The van der Waals surface area contributed by atoms with Crippen LogP contribution in [-0.2, 0) is 4.74 Å². The van der Waals surface area contributed by atoms with Crippen LogP contribution in [0.5, 0.6) is 0 Å². The molecule has 1 N–H and O–H groups in total. The Morgan fingerprint density at radius 1 is 0.925 bits per heavy atom. The molecule has 212 valence electrons. The molecule has 8 heteroatoms. The van der Waals surface area contributed by atoms with Gasteiger partial charge >= 0.3 is 6.09 Å². The van der Waals surface area contributed by atoms with Crippen LogP contribution in [0.25, 0.3) is 0 Å². The number of para-hydroxylation sites is 1. The SMILES string of the molecule is CCOC(=O)N(CC(O)CN1CCN(C=CCC(c2ccc(F)cc2)c2ccc(F)cc2)CC1)c1ccccc1. The van der Waals surface area contributed by atoms with Gasteiger partial charge in [-0.2, -0.15) is 0 Å². The highest BCUT2D eigenvalue weighted by atomic mass is 19.1. The summed E-state index contributed by atoms with van der Waals surface area (Å²) in [5.74, 6) is -0.580. The molecule has 1 saturated heterocycles. The van der Waals surface area contributed by atoms with Crippen molar-refractivity contribution in [2.24, 2.45) is 0 Å². The van der Waals surface area contributed by atoms with Crippen LogP contribution < -0.4 is 4.90 Å². The summed E-state index contributed by atoms with van der Waals surface area (Å²) in [6.45, 7) is 5.81. The van der Waals surface area contributed by atoms with Crippen molar-refractivity contribution in [3.63, 3.8) is 0 Å². The number of ether oxygens (including phenoxy) is 1. The second kappa shape index (κ2) is 14.6. The zero-order valence-electron chi connectivity index (χ0n) is 22.8. The lowest BCUT2D eigenvalue weighted by Gasteiger charge is -2.36. The maximum absolute atomic E-state index is 13.5. The Morgan fingerprint density at radius 3 is 2.05 bits per heavy atom. The van der Waals surface area contributed by atoms with Crippen molar-refractivity contribution in [3.8, 4) is 0 Å². The third-order valence-electron chi connectivity index (χ3n) is 7.06. The third-order valence-corrected chi connectivity index (χ3v) is 7.06. The molecule has 0 aromatic heterocycles. The molecule has 0 aliphatic carbocycles. The van der Waals surface area contributed by atoms with Crippen LogP contribution in [0.1, 0.15) is 30.4 Å². The first-order valence-corrected chi connectivity index (χ1v) is 13.7. The Balaban J connectivity index is 1.29. The van der Waals surface area contributed by atoms with E-state index in [0.29, 0.717) is 18.7 Å². The zero-order valence-corrected chi connectivity index (χ0v) is 22.8. The summed E-state index contributed by atoms with van der Waals surface area (Å²) in [7, 11) is 0. The molecule has 0 radical (unpaired) electrons. The van der Waals surface area contributed by atoms with Crippen LogP contribution in [0.3, 0.4) is 0 Å². The van der Waals surface area contributed by atoms with Crippen LogP contribution in [0.4, 0.5) is 19.3 Å². The predicted octanol–water partition coefficient (Wildman–Crippen LogP) is 5.64. The number of amides is 1. The number of aliphatic hydroxyl groups excluding tert-OH is 1. The van der Waals surface area contributed by atoms with E-state index in [2.05, 4.69) is 22.1 Å². The molecule has 6 nitrogen and oxygen atoms in total. The second-order valence-electron chi connectivity index (χ2n) is 9.91. The molecule has 3 aromatic carbocycles. The van der Waals surface area contributed by atoms with E-state index in [1.165, 1.54) is 29.2 Å². The summed E-state index contributed by atoms with van der Waals surface area (Å²) in [5, 5.41) is 10.8. The van der Waals surface area contributed by atoms with E-state index in [1.807, 2.05) is 30.3 Å². The molecule has 1 amide bonds. The quantitative estimate of drug-likeness (QED) is 0.336. The Bertz CT molecular complexity index is 1170. The van der Waals surface area contributed by atoms with Gasteiger partial charge in [0, 0.05) is 44.3 Å². The number of aliphatic hydroxyl groups is 1. The van der Waals surface area contributed by atoms with E-state index in [-0.39, 0.29) is 30.7 Å². The standard InChI is InChI=1S/C32H37F2N3O3/c1-2-40-32(39)37(29-7-4-3-5-8-29)24-30(38)23-36-21-19-35(20-22-36)18-6-9-31(25-10-14-27(33)15-11-25)26-12-16-28(34)17-13-26/h3-8,10-18,30-31,38H,2,9,19-24H2,1H3. The Labute approximate surface area is 235 Å². The number of nitrogens with zero attached hydrogens (tertiary/aromatic N) is 3. The van der Waals surface area contributed by atoms with Crippen LogP contribution in [-0.4, -0.2) is 73.0 Å². The van der Waals surface area contributed by atoms with E-state index >= 15 is 0 Å². The molecule has 1 heterocycles. The van der Waals surface area contributed by atoms with Gasteiger partial charge < -0.3 is 14.7 Å². The van der Waals surface area contributed by atoms with Gasteiger partial charge in [0.05, 0.1) is 19.3 Å². The molecular formula is C32H37F2N3O3. The van der Waals surface area contributed by atoms with Gasteiger partial charge in [-0.05, 0) is 67.1 Å². The van der Waals surface area contributed by atoms with Crippen molar-refractivity contribution < 1.29 is 23.4 Å². The Hall–Kier alpha value is -3.75. The number of hydrogen-bond donors (Lipinski definition) is 1. The second-order valence-corrected chi connectivity index (χ2v) is 9.91. The Kier molecular flexibility index (Phi) is 10.7. The minimum Gasteiger partial charge on any atom is -0.449 e. The molecular weight excluding hydrogens is 512 g/mol. The molecule has 4 rings (SSSR count). The lowest BCUT2D eigenvalue weighted by atomic mass is 9.88. The van der Waals surface area contributed by atoms with E-state index in [1.54, 1.807) is 31.2 Å². The molecule has 3 aromatic rings. The summed E-state index contributed by atoms with van der Waals surface area (Å²) < 4.78 is 32.2. The number of rotatable bonds is 11. The first-order chi connectivity index (χ1) is 19.4. The highest BCUT2D eigenvalue weighted by Crippen LogP contribution is 2.29. The van der Waals surface area contributed by atoms with Gasteiger partial charge in [-0.1, -0.05) is 48.5 Å². The fourth-order valence-electron chi connectivity index (χ4n) is 4.96. The first-order valence-electron chi connectivity index (χ1n) is 13.7. The van der Waals surface area contributed by atoms with E-state index < -0.39 is 12.2 Å². The molecule has 1 aliphatic rings. The van der Waals surface area contributed by atoms with Gasteiger partial charge in [0.15, 0.2) is 0 Å². The van der Waals surface area contributed by atoms with Gasteiger partial charge in [-0.3, -0.25) is 9.80 Å². The lowest BCUT2D eigenvalue weighted by molar-refractivity contribution is 0.0866. The first kappa shape index (κ1) is 29.2. The number of piperazine rings is 1. The minimum atomic E-state index is -0.723. The van der Waals surface area contributed by atoms with Crippen molar-refractivity contribution in [1.82, 2.24) is 9.80 Å². The van der Waals surface area contributed by atoms with Crippen LogP contribution in [0, 0.1) is 11.6 Å². The van der Waals surface area contributed by atoms with Crippen molar-refractivity contribution in [3.05, 3.63) is 114 Å². The monoisotopic (exact) mass is 549 g/mol. The third kappa shape index (κ3) is 8.37. The van der Waals surface area contributed by atoms with Gasteiger partial charge in [0.1, 0.15) is 11.6 Å². The average Bonchev–Trinajstić information content (AvgIpc) is 2.97. The van der Waals surface area contributed by atoms with Crippen molar-refractivity contribution in [2.45, 2.75) is 25.4 Å². The van der Waals surface area contributed by atoms with E-state index in [4.69, 9.17) is 4.74 Å². The Morgan fingerprint density at radius 2 is 1.50 bits per heavy atom. The number of carbonyl (C=O) groups is 1. The number of hydrogen-bond acceptors (Lipinski definition) is 5. The van der Waals surface area contributed by atoms with Crippen molar-refractivity contribution >= 4 is 11.8 Å². The van der Waals surface area contributed by atoms with Gasteiger partial charge in [-0.25, -0.2) is 13.6 Å². The topological polar surface area (TPSA) is 56.2 Å². The van der Waals surface area contributed by atoms with E-state index in [0.717, 1.165) is 37.3 Å². The number of allylic oxidation sites excluding steroid dienone is 1. The van der Waals surface area contributed by atoms with Gasteiger partial charge in [-0.15, -0.1) is 0 Å². The van der Waals surface area contributed by atoms with Gasteiger partial charge in [0.25, 0.3) is 0 Å². The molecule has 40 heavy (non-hydrogen) atoms.